The molecule has 124 valence electrons. The van der Waals surface area contributed by atoms with E-state index in [4.69, 9.17) is 0 Å². The first-order chi connectivity index (χ1) is 12.8. The van der Waals surface area contributed by atoms with Gasteiger partial charge in [0.25, 0.3) is 0 Å². The number of fused-ring (bicyclic) bond motifs is 3. The van der Waals surface area contributed by atoms with Crippen molar-refractivity contribution in [1.82, 2.24) is 4.57 Å². The minimum Gasteiger partial charge on any atom is -0.309 e. The number of hydrogen-bond donors (Lipinski definition) is 0. The summed E-state index contributed by atoms with van der Waals surface area (Å²) in [5.41, 5.74) is 7.51. The molecule has 0 spiro atoms. The van der Waals surface area contributed by atoms with Crippen LogP contribution in [0.15, 0.2) is 97.1 Å². The fourth-order valence-electron chi connectivity index (χ4n) is 3.85. The quantitative estimate of drug-likeness (QED) is 0.336. The molecule has 0 unspecified atom stereocenters. The fraction of sp³-hybridized carbons (Fsp3) is 0.0400. The molecule has 0 amide bonds. The van der Waals surface area contributed by atoms with Crippen molar-refractivity contribution in [3.05, 3.63) is 103 Å². The molecule has 5 aromatic rings. The van der Waals surface area contributed by atoms with E-state index in [2.05, 4.69) is 109 Å². The molecule has 1 heterocycles. The second-order valence-electron chi connectivity index (χ2n) is 6.75. The number of hydrogen-bond acceptors (Lipinski definition) is 0. The van der Waals surface area contributed by atoms with Gasteiger partial charge in [-0.05, 0) is 42.3 Å². The highest BCUT2D eigenvalue weighted by Gasteiger charge is 2.15. The summed E-state index contributed by atoms with van der Waals surface area (Å²) in [6.07, 6.45) is 0. The monoisotopic (exact) mass is 333 g/mol. The zero-order valence-corrected chi connectivity index (χ0v) is 14.7. The maximum absolute atomic E-state index is 2.37. The number of benzene rings is 4. The van der Waals surface area contributed by atoms with Gasteiger partial charge >= 0.3 is 0 Å². The molecule has 5 rings (SSSR count). The standard InChI is InChI=1S/C25H19N/c1-18-14-16-20(17-15-18)26-23-12-6-5-10-22(23)25-21(11-7-13-24(25)26)19-8-3-2-4-9-19/h2-17H,1H3. The Bertz CT molecular complexity index is 1210. The molecule has 0 aliphatic heterocycles. The highest BCUT2D eigenvalue weighted by atomic mass is 15.0. The summed E-state index contributed by atoms with van der Waals surface area (Å²) in [6.45, 7) is 2.13. The molecule has 0 atom stereocenters. The Morgan fingerprint density at radius 3 is 2.08 bits per heavy atom. The lowest BCUT2D eigenvalue weighted by molar-refractivity contribution is 1.17. The van der Waals surface area contributed by atoms with Crippen molar-refractivity contribution in [2.24, 2.45) is 0 Å². The molecule has 1 nitrogen and oxygen atoms in total. The van der Waals surface area contributed by atoms with E-state index in [9.17, 15) is 0 Å². The molecule has 0 radical (unpaired) electrons. The molecule has 1 heteroatoms. The predicted octanol–water partition coefficient (Wildman–Crippen LogP) is 6.76. The summed E-state index contributed by atoms with van der Waals surface area (Å²) in [5.74, 6) is 0. The third kappa shape index (κ3) is 2.25. The minimum atomic E-state index is 1.20. The van der Waals surface area contributed by atoms with Crippen LogP contribution in [0.1, 0.15) is 5.56 Å². The molecule has 0 aliphatic carbocycles. The van der Waals surface area contributed by atoms with E-state index in [0.29, 0.717) is 0 Å². The van der Waals surface area contributed by atoms with Gasteiger partial charge < -0.3 is 4.57 Å². The first-order valence-corrected chi connectivity index (χ1v) is 8.97. The third-order valence-corrected chi connectivity index (χ3v) is 5.07. The highest BCUT2D eigenvalue weighted by Crippen LogP contribution is 2.38. The maximum atomic E-state index is 2.37. The molecule has 0 fully saturated rings. The molecule has 0 saturated heterocycles. The van der Waals surface area contributed by atoms with Gasteiger partial charge in [0.15, 0.2) is 0 Å². The number of aryl methyl sites for hydroxylation is 1. The van der Waals surface area contributed by atoms with Crippen LogP contribution in [-0.2, 0) is 0 Å². The van der Waals surface area contributed by atoms with Crippen molar-refractivity contribution in [1.29, 1.82) is 0 Å². The molecular formula is C25H19N. The molecule has 4 aromatic carbocycles. The zero-order valence-electron chi connectivity index (χ0n) is 14.7. The van der Waals surface area contributed by atoms with E-state index < -0.39 is 0 Å². The van der Waals surface area contributed by atoms with Crippen LogP contribution in [0.5, 0.6) is 0 Å². The van der Waals surface area contributed by atoms with Crippen LogP contribution < -0.4 is 0 Å². The predicted molar refractivity (Wildman–Crippen MR) is 111 cm³/mol. The molecule has 1 aromatic heterocycles. The Balaban J connectivity index is 1.93. The Labute approximate surface area is 153 Å². The average molecular weight is 333 g/mol. The molecule has 26 heavy (non-hydrogen) atoms. The SMILES string of the molecule is Cc1ccc(-n2c3ccccc3c3c(-c4ccccc4)cccc32)cc1. The van der Waals surface area contributed by atoms with E-state index in [-0.39, 0.29) is 0 Å². The first-order valence-electron chi connectivity index (χ1n) is 8.97. The van der Waals surface area contributed by atoms with Gasteiger partial charge in [-0.1, -0.05) is 78.4 Å². The van der Waals surface area contributed by atoms with Crippen LogP contribution in [-0.4, -0.2) is 4.57 Å². The number of aromatic nitrogens is 1. The molecule has 0 aliphatic rings. The summed E-state index contributed by atoms with van der Waals surface area (Å²) in [5, 5.41) is 2.61. The largest absolute Gasteiger partial charge is 0.309 e. The van der Waals surface area contributed by atoms with Gasteiger partial charge in [0.05, 0.1) is 11.0 Å². The number of para-hydroxylation sites is 1. The fourth-order valence-corrected chi connectivity index (χ4v) is 3.85. The smallest absolute Gasteiger partial charge is 0.0547 e. The van der Waals surface area contributed by atoms with E-state index in [0.717, 1.165) is 0 Å². The Morgan fingerprint density at radius 2 is 1.27 bits per heavy atom. The lowest BCUT2D eigenvalue weighted by atomic mass is 9.99. The molecule has 0 saturated carbocycles. The maximum Gasteiger partial charge on any atom is 0.0547 e. The van der Waals surface area contributed by atoms with Gasteiger partial charge in [-0.15, -0.1) is 0 Å². The number of nitrogens with zero attached hydrogens (tertiary/aromatic N) is 1. The molecule has 0 bridgehead atoms. The van der Waals surface area contributed by atoms with Crippen LogP contribution in [0.3, 0.4) is 0 Å². The molecular weight excluding hydrogens is 314 g/mol. The van der Waals surface area contributed by atoms with Gasteiger partial charge in [0.2, 0.25) is 0 Å². The first kappa shape index (κ1) is 15.0. The van der Waals surface area contributed by atoms with Crippen molar-refractivity contribution in [3.63, 3.8) is 0 Å². The van der Waals surface area contributed by atoms with Crippen molar-refractivity contribution >= 4 is 21.8 Å². The average Bonchev–Trinajstić information content (AvgIpc) is 3.04. The number of rotatable bonds is 2. The van der Waals surface area contributed by atoms with Gasteiger partial charge in [-0.3, -0.25) is 0 Å². The topological polar surface area (TPSA) is 4.93 Å². The normalized spacial score (nSPS) is 11.3. The van der Waals surface area contributed by atoms with Crippen molar-refractivity contribution in [2.75, 3.05) is 0 Å². The van der Waals surface area contributed by atoms with Gasteiger partial charge in [0.1, 0.15) is 0 Å². The van der Waals surface area contributed by atoms with Gasteiger partial charge in [-0.2, -0.15) is 0 Å². The van der Waals surface area contributed by atoms with Crippen molar-refractivity contribution < 1.29 is 0 Å². The minimum absolute atomic E-state index is 1.20. The summed E-state index contributed by atoms with van der Waals surface area (Å²) < 4.78 is 2.37. The van der Waals surface area contributed by atoms with E-state index >= 15 is 0 Å². The summed E-state index contributed by atoms with van der Waals surface area (Å²) in [6, 6.07) is 34.7. The Hall–Kier alpha value is -3.32. The second kappa shape index (κ2) is 5.89. The van der Waals surface area contributed by atoms with Crippen LogP contribution in [0, 0.1) is 6.92 Å². The van der Waals surface area contributed by atoms with Crippen LogP contribution in [0.4, 0.5) is 0 Å². The van der Waals surface area contributed by atoms with Crippen LogP contribution in [0.2, 0.25) is 0 Å². The zero-order chi connectivity index (χ0) is 17.5. The van der Waals surface area contributed by atoms with E-state index in [1.54, 1.807) is 0 Å². The Morgan fingerprint density at radius 1 is 0.577 bits per heavy atom. The van der Waals surface area contributed by atoms with Gasteiger partial charge in [-0.25, -0.2) is 0 Å². The highest BCUT2D eigenvalue weighted by molar-refractivity contribution is 6.15. The third-order valence-electron chi connectivity index (χ3n) is 5.07. The van der Waals surface area contributed by atoms with E-state index in [1.807, 2.05) is 0 Å². The van der Waals surface area contributed by atoms with Crippen molar-refractivity contribution in [3.8, 4) is 16.8 Å². The summed E-state index contributed by atoms with van der Waals surface area (Å²) in [4.78, 5) is 0. The lowest BCUT2D eigenvalue weighted by Gasteiger charge is -2.09. The second-order valence-corrected chi connectivity index (χ2v) is 6.75. The lowest BCUT2D eigenvalue weighted by Crippen LogP contribution is -1.93. The van der Waals surface area contributed by atoms with Crippen LogP contribution >= 0.6 is 0 Å². The van der Waals surface area contributed by atoms with Crippen molar-refractivity contribution in [2.45, 2.75) is 6.92 Å². The summed E-state index contributed by atoms with van der Waals surface area (Å²) in [7, 11) is 0. The molecule has 0 N–H and O–H groups in total. The van der Waals surface area contributed by atoms with E-state index in [1.165, 1.54) is 44.2 Å². The Kier molecular flexibility index (Phi) is 3.39. The van der Waals surface area contributed by atoms with Crippen LogP contribution in [0.25, 0.3) is 38.6 Å². The van der Waals surface area contributed by atoms with Gasteiger partial charge in [0, 0.05) is 16.5 Å². The summed E-state index contributed by atoms with van der Waals surface area (Å²) >= 11 is 0.